The summed E-state index contributed by atoms with van der Waals surface area (Å²) in [5.74, 6) is 0.157. The summed E-state index contributed by atoms with van der Waals surface area (Å²) in [4.78, 5) is 22.8. The number of amides is 1. The molecule has 0 bridgehead atoms. The Kier molecular flexibility index (Phi) is 7.50. The maximum atomic E-state index is 12.2. The Morgan fingerprint density at radius 1 is 1.16 bits per heavy atom. The smallest absolute Gasteiger partial charge is 0.273 e. The molecule has 3 aromatic rings. The standard InChI is InChI=1S/C23H20BrN3O4/c1-16-5-4-6-17(11-16)15-31-22-10-9-20(24)12-19(22)14-25-26-23(28)13-18-7-2-3-8-21(18)27(29)30/h2-12,14H,13,15H2,1H3,(H,26,28). The highest BCUT2D eigenvalue weighted by Gasteiger charge is 2.15. The number of halogens is 1. The number of hydrogen-bond donors (Lipinski definition) is 1. The van der Waals surface area contributed by atoms with E-state index in [9.17, 15) is 14.9 Å². The topological polar surface area (TPSA) is 93.8 Å². The summed E-state index contributed by atoms with van der Waals surface area (Å²) in [5.41, 5.74) is 5.51. The SMILES string of the molecule is Cc1cccc(COc2ccc(Br)cc2C=NNC(=O)Cc2ccccc2[N+](=O)[O-])c1. The maximum Gasteiger partial charge on any atom is 0.273 e. The summed E-state index contributed by atoms with van der Waals surface area (Å²) in [7, 11) is 0. The molecule has 0 saturated carbocycles. The lowest BCUT2D eigenvalue weighted by Gasteiger charge is -2.10. The average molecular weight is 482 g/mol. The van der Waals surface area contributed by atoms with Crippen LogP contribution in [0.5, 0.6) is 5.75 Å². The van der Waals surface area contributed by atoms with Crippen LogP contribution < -0.4 is 10.2 Å². The van der Waals surface area contributed by atoms with Crippen molar-refractivity contribution in [2.24, 2.45) is 5.10 Å². The number of nitrogens with one attached hydrogen (secondary N) is 1. The molecule has 0 atom stereocenters. The molecule has 0 unspecified atom stereocenters. The van der Waals surface area contributed by atoms with Crippen LogP contribution in [0.1, 0.15) is 22.3 Å². The van der Waals surface area contributed by atoms with Crippen molar-refractivity contribution in [3.8, 4) is 5.75 Å². The second-order valence-corrected chi connectivity index (χ2v) is 7.73. The number of nitro benzene ring substituents is 1. The number of aryl methyl sites for hydroxylation is 1. The van der Waals surface area contributed by atoms with Gasteiger partial charge in [-0.05, 0) is 30.7 Å². The number of carbonyl (C=O) groups excluding carboxylic acids is 1. The largest absolute Gasteiger partial charge is 0.488 e. The number of benzene rings is 3. The van der Waals surface area contributed by atoms with Crippen LogP contribution in [-0.2, 0) is 17.8 Å². The molecule has 0 aromatic heterocycles. The van der Waals surface area contributed by atoms with E-state index >= 15 is 0 Å². The van der Waals surface area contributed by atoms with Crippen LogP contribution in [0.15, 0.2) is 76.3 Å². The maximum absolute atomic E-state index is 12.2. The van der Waals surface area contributed by atoms with Gasteiger partial charge >= 0.3 is 0 Å². The molecule has 7 nitrogen and oxygen atoms in total. The highest BCUT2D eigenvalue weighted by molar-refractivity contribution is 9.10. The molecule has 1 N–H and O–H groups in total. The van der Waals surface area contributed by atoms with E-state index in [4.69, 9.17) is 4.74 Å². The summed E-state index contributed by atoms with van der Waals surface area (Å²) in [6, 6.07) is 19.7. The third kappa shape index (κ3) is 6.48. The molecule has 3 aromatic carbocycles. The molecule has 0 aliphatic rings. The predicted molar refractivity (Wildman–Crippen MR) is 122 cm³/mol. The van der Waals surface area contributed by atoms with E-state index in [0.717, 1.165) is 15.6 Å². The first kappa shape index (κ1) is 22.2. The van der Waals surface area contributed by atoms with Gasteiger partial charge in [-0.25, -0.2) is 5.43 Å². The van der Waals surface area contributed by atoms with Crippen LogP contribution in [0.3, 0.4) is 0 Å². The Balaban J connectivity index is 1.65. The van der Waals surface area contributed by atoms with Crippen molar-refractivity contribution in [1.29, 1.82) is 0 Å². The zero-order valence-electron chi connectivity index (χ0n) is 16.7. The molecule has 8 heteroatoms. The lowest BCUT2D eigenvalue weighted by Crippen LogP contribution is -2.20. The fourth-order valence-electron chi connectivity index (χ4n) is 2.94. The molecule has 3 rings (SSSR count). The first-order chi connectivity index (χ1) is 14.9. The number of carbonyl (C=O) groups is 1. The van der Waals surface area contributed by atoms with E-state index in [0.29, 0.717) is 23.5 Å². The number of rotatable bonds is 8. The fraction of sp³-hybridized carbons (Fsp3) is 0.130. The molecule has 0 aliphatic heterocycles. The van der Waals surface area contributed by atoms with E-state index in [2.05, 4.69) is 32.5 Å². The summed E-state index contributed by atoms with van der Waals surface area (Å²) in [5, 5.41) is 15.1. The van der Waals surface area contributed by atoms with Gasteiger partial charge in [0.15, 0.2) is 0 Å². The quantitative estimate of drug-likeness (QED) is 0.280. The monoisotopic (exact) mass is 481 g/mol. The molecular weight excluding hydrogens is 462 g/mol. The van der Waals surface area contributed by atoms with Crippen molar-refractivity contribution >= 4 is 33.7 Å². The lowest BCUT2D eigenvalue weighted by molar-refractivity contribution is -0.385. The number of nitro groups is 1. The van der Waals surface area contributed by atoms with Crippen LogP contribution in [0.4, 0.5) is 5.69 Å². The fourth-order valence-corrected chi connectivity index (χ4v) is 3.32. The van der Waals surface area contributed by atoms with Crippen LogP contribution >= 0.6 is 15.9 Å². The molecule has 0 fully saturated rings. The molecular formula is C23H20BrN3O4. The Morgan fingerprint density at radius 2 is 1.97 bits per heavy atom. The van der Waals surface area contributed by atoms with Gasteiger partial charge in [0.05, 0.1) is 17.6 Å². The number of nitrogens with zero attached hydrogens (tertiary/aromatic N) is 2. The molecule has 31 heavy (non-hydrogen) atoms. The highest BCUT2D eigenvalue weighted by atomic mass is 79.9. The minimum Gasteiger partial charge on any atom is -0.488 e. The molecule has 0 saturated heterocycles. The van der Waals surface area contributed by atoms with E-state index in [-0.39, 0.29) is 12.1 Å². The van der Waals surface area contributed by atoms with Gasteiger partial charge in [0.1, 0.15) is 12.4 Å². The number of hydrogen-bond acceptors (Lipinski definition) is 5. The molecule has 0 radical (unpaired) electrons. The molecule has 0 spiro atoms. The van der Waals surface area contributed by atoms with Crippen LogP contribution in [0, 0.1) is 17.0 Å². The van der Waals surface area contributed by atoms with Crippen molar-refractivity contribution in [3.63, 3.8) is 0 Å². The van der Waals surface area contributed by atoms with E-state index in [1.165, 1.54) is 12.3 Å². The van der Waals surface area contributed by atoms with E-state index < -0.39 is 10.8 Å². The van der Waals surface area contributed by atoms with Crippen molar-refractivity contribution in [3.05, 3.63) is 104 Å². The van der Waals surface area contributed by atoms with Crippen LogP contribution in [0.25, 0.3) is 0 Å². The van der Waals surface area contributed by atoms with Crippen molar-refractivity contribution < 1.29 is 14.5 Å². The summed E-state index contributed by atoms with van der Waals surface area (Å²) in [6.45, 7) is 2.42. The van der Waals surface area contributed by atoms with Gasteiger partial charge in [0.25, 0.3) is 5.69 Å². The van der Waals surface area contributed by atoms with Gasteiger partial charge in [-0.15, -0.1) is 0 Å². The molecule has 158 valence electrons. The molecule has 0 heterocycles. The van der Waals surface area contributed by atoms with Gasteiger partial charge < -0.3 is 4.74 Å². The number of ether oxygens (including phenoxy) is 1. The zero-order chi connectivity index (χ0) is 22.2. The highest BCUT2D eigenvalue weighted by Crippen LogP contribution is 2.23. The first-order valence-electron chi connectivity index (χ1n) is 9.44. The Labute approximate surface area is 188 Å². The summed E-state index contributed by atoms with van der Waals surface area (Å²) >= 11 is 3.42. The zero-order valence-corrected chi connectivity index (χ0v) is 18.3. The van der Waals surface area contributed by atoms with Gasteiger partial charge in [-0.3, -0.25) is 14.9 Å². The average Bonchev–Trinajstić information content (AvgIpc) is 2.73. The van der Waals surface area contributed by atoms with Gasteiger partial charge in [-0.1, -0.05) is 64.0 Å². The second-order valence-electron chi connectivity index (χ2n) is 6.82. The Bertz CT molecular complexity index is 1130. The third-order valence-corrected chi connectivity index (χ3v) is 4.87. The Morgan fingerprint density at radius 3 is 2.74 bits per heavy atom. The van der Waals surface area contributed by atoms with Crippen molar-refractivity contribution in [1.82, 2.24) is 5.43 Å². The van der Waals surface area contributed by atoms with Crippen molar-refractivity contribution in [2.45, 2.75) is 20.0 Å². The molecule has 0 aliphatic carbocycles. The van der Waals surface area contributed by atoms with Gasteiger partial charge in [0, 0.05) is 21.7 Å². The van der Waals surface area contributed by atoms with Crippen LogP contribution in [-0.4, -0.2) is 17.0 Å². The minimum absolute atomic E-state index is 0.0968. The normalized spacial score (nSPS) is 10.8. The van der Waals surface area contributed by atoms with Crippen molar-refractivity contribution in [2.75, 3.05) is 0 Å². The summed E-state index contributed by atoms with van der Waals surface area (Å²) in [6.07, 6.45) is 1.33. The third-order valence-electron chi connectivity index (χ3n) is 4.38. The minimum atomic E-state index is -0.509. The Hall–Kier alpha value is -3.52. The van der Waals surface area contributed by atoms with E-state index in [1.807, 2.05) is 43.3 Å². The summed E-state index contributed by atoms with van der Waals surface area (Å²) < 4.78 is 6.76. The predicted octanol–water partition coefficient (Wildman–Crippen LogP) is 4.94. The van der Waals surface area contributed by atoms with Gasteiger partial charge in [-0.2, -0.15) is 5.10 Å². The van der Waals surface area contributed by atoms with Crippen LogP contribution in [0.2, 0.25) is 0 Å². The first-order valence-corrected chi connectivity index (χ1v) is 10.2. The second kappa shape index (κ2) is 10.5. The molecule has 1 amide bonds. The lowest BCUT2D eigenvalue weighted by atomic mass is 10.1. The number of hydrazone groups is 1. The van der Waals surface area contributed by atoms with Gasteiger partial charge in [0.2, 0.25) is 5.91 Å². The number of para-hydroxylation sites is 1. The van der Waals surface area contributed by atoms with E-state index in [1.54, 1.807) is 18.2 Å².